The van der Waals surface area contributed by atoms with Crippen molar-refractivity contribution >= 4 is 5.84 Å². The van der Waals surface area contributed by atoms with Gasteiger partial charge in [0.15, 0.2) is 0 Å². The molecule has 0 saturated carbocycles. The Morgan fingerprint density at radius 1 is 1.50 bits per heavy atom. The summed E-state index contributed by atoms with van der Waals surface area (Å²) in [4.78, 5) is 6.08. The summed E-state index contributed by atoms with van der Waals surface area (Å²) in [5.41, 5.74) is 0. The number of aliphatic imine (C=N–C) groups is 1. The first-order valence-electron chi connectivity index (χ1n) is 2.85. The fourth-order valence-electron chi connectivity index (χ4n) is 0.674. The lowest BCUT2D eigenvalue weighted by molar-refractivity contribution is 0.606. The van der Waals surface area contributed by atoms with Gasteiger partial charge in [-0.2, -0.15) is 0 Å². The van der Waals surface area contributed by atoms with E-state index in [4.69, 9.17) is 0 Å². The Bertz CT molecular complexity index is 84.5. The zero-order chi connectivity index (χ0) is 6.57. The maximum absolute atomic E-state index is 4.05. The Kier molecular flexibility index (Phi) is 3.24. The summed E-state index contributed by atoms with van der Waals surface area (Å²) < 4.78 is 0. The molecule has 0 rings (SSSR count). The minimum atomic E-state index is 1.02. The quantitative estimate of drug-likeness (QED) is 0.366. The third-order valence-electron chi connectivity index (χ3n) is 1.09. The molecule has 0 fully saturated rings. The summed E-state index contributed by atoms with van der Waals surface area (Å²) in [6, 6.07) is 0. The van der Waals surface area contributed by atoms with Crippen LogP contribution < -0.4 is 0 Å². The highest BCUT2D eigenvalue weighted by Crippen LogP contribution is 1.86. The molecule has 0 aliphatic heterocycles. The summed E-state index contributed by atoms with van der Waals surface area (Å²) in [6.45, 7) is 2.10. The summed E-state index contributed by atoms with van der Waals surface area (Å²) in [5.74, 6) is 1.14. The Morgan fingerprint density at radius 3 is 2.00 bits per heavy atom. The van der Waals surface area contributed by atoms with Crippen LogP contribution in [0, 0.1) is 0 Å². The van der Waals surface area contributed by atoms with Crippen LogP contribution in [0.15, 0.2) is 4.99 Å². The topological polar surface area (TPSA) is 15.6 Å². The van der Waals surface area contributed by atoms with E-state index in [9.17, 15) is 0 Å². The first-order valence-corrected chi connectivity index (χ1v) is 2.85. The van der Waals surface area contributed by atoms with Crippen molar-refractivity contribution in [2.24, 2.45) is 4.99 Å². The number of hydrogen-bond donors (Lipinski definition) is 0. The molecule has 0 spiro atoms. The molecule has 0 aliphatic carbocycles. The maximum Gasteiger partial charge on any atom is 0.0977 e. The van der Waals surface area contributed by atoms with Crippen LogP contribution >= 0.6 is 0 Å². The lowest BCUT2D eigenvalue weighted by atomic mass is 10.4. The van der Waals surface area contributed by atoms with E-state index in [1.165, 1.54) is 0 Å². The molecule has 0 amide bonds. The number of nitrogens with zero attached hydrogens (tertiary/aromatic N) is 2. The van der Waals surface area contributed by atoms with Crippen LogP contribution in [0.5, 0.6) is 0 Å². The first kappa shape index (κ1) is 7.47. The fourth-order valence-corrected chi connectivity index (χ4v) is 0.674. The van der Waals surface area contributed by atoms with Crippen molar-refractivity contribution in [3.05, 3.63) is 0 Å². The lowest BCUT2D eigenvalue weighted by Crippen LogP contribution is -2.20. The second-order valence-corrected chi connectivity index (χ2v) is 1.89. The molecule has 0 N–H and O–H groups in total. The maximum atomic E-state index is 4.05. The van der Waals surface area contributed by atoms with Gasteiger partial charge >= 0.3 is 0 Å². The normalized spacial score (nSPS) is 11.8. The molecule has 2 heteroatoms. The van der Waals surface area contributed by atoms with Crippen molar-refractivity contribution in [1.29, 1.82) is 0 Å². The van der Waals surface area contributed by atoms with E-state index in [1.54, 1.807) is 0 Å². The smallest absolute Gasteiger partial charge is 0.0977 e. The van der Waals surface area contributed by atoms with E-state index in [-0.39, 0.29) is 0 Å². The van der Waals surface area contributed by atoms with Crippen LogP contribution in [0.4, 0.5) is 0 Å². The van der Waals surface area contributed by atoms with E-state index < -0.39 is 0 Å². The molecular formula is C6H14N2. The van der Waals surface area contributed by atoms with Crippen LogP contribution in [-0.2, 0) is 0 Å². The lowest BCUT2D eigenvalue weighted by Gasteiger charge is -2.12. The molecule has 0 heterocycles. The van der Waals surface area contributed by atoms with Gasteiger partial charge in [0.2, 0.25) is 0 Å². The number of rotatable bonds is 1. The minimum Gasteiger partial charge on any atom is -0.367 e. The van der Waals surface area contributed by atoms with Crippen molar-refractivity contribution in [2.45, 2.75) is 13.3 Å². The van der Waals surface area contributed by atoms with Crippen LogP contribution in [0.3, 0.4) is 0 Å². The Hall–Kier alpha value is -0.530. The van der Waals surface area contributed by atoms with E-state index in [0.29, 0.717) is 0 Å². The molecule has 48 valence electrons. The molecule has 0 saturated heterocycles. The van der Waals surface area contributed by atoms with Gasteiger partial charge in [-0.15, -0.1) is 0 Å². The summed E-state index contributed by atoms with van der Waals surface area (Å²) in [5, 5.41) is 0. The number of amidine groups is 1. The van der Waals surface area contributed by atoms with Crippen LogP contribution in [-0.4, -0.2) is 31.9 Å². The third kappa shape index (κ3) is 1.96. The van der Waals surface area contributed by atoms with Gasteiger partial charge in [-0.1, -0.05) is 6.92 Å². The minimum absolute atomic E-state index is 1.02. The highest BCUT2D eigenvalue weighted by atomic mass is 15.1. The Balaban J connectivity index is 3.72. The third-order valence-corrected chi connectivity index (χ3v) is 1.09. The Labute approximate surface area is 51.2 Å². The predicted molar refractivity (Wildman–Crippen MR) is 37.3 cm³/mol. The Morgan fingerprint density at radius 2 is 2.00 bits per heavy atom. The predicted octanol–water partition coefficient (Wildman–Crippen LogP) is 0.986. The van der Waals surface area contributed by atoms with Gasteiger partial charge in [0, 0.05) is 27.6 Å². The van der Waals surface area contributed by atoms with Gasteiger partial charge in [-0.05, 0) is 0 Å². The van der Waals surface area contributed by atoms with E-state index in [2.05, 4.69) is 11.9 Å². The average Bonchev–Trinajstić information content (AvgIpc) is 1.69. The molecule has 0 radical (unpaired) electrons. The van der Waals surface area contributed by atoms with Crippen LogP contribution in [0.2, 0.25) is 0 Å². The molecule has 0 bridgehead atoms. The van der Waals surface area contributed by atoms with Crippen molar-refractivity contribution in [1.82, 2.24) is 4.90 Å². The average molecular weight is 114 g/mol. The second kappa shape index (κ2) is 3.47. The van der Waals surface area contributed by atoms with E-state index in [0.717, 1.165) is 12.3 Å². The van der Waals surface area contributed by atoms with Crippen molar-refractivity contribution in [2.75, 3.05) is 21.1 Å². The molecule has 8 heavy (non-hydrogen) atoms. The molecule has 0 aromatic rings. The molecule has 0 unspecified atom stereocenters. The van der Waals surface area contributed by atoms with Crippen molar-refractivity contribution in [3.63, 3.8) is 0 Å². The summed E-state index contributed by atoms with van der Waals surface area (Å²) >= 11 is 0. The zero-order valence-corrected chi connectivity index (χ0v) is 6.10. The van der Waals surface area contributed by atoms with Gasteiger partial charge in [-0.3, -0.25) is 4.99 Å². The van der Waals surface area contributed by atoms with Crippen molar-refractivity contribution < 1.29 is 0 Å². The first-order chi connectivity index (χ1) is 3.72. The highest BCUT2D eigenvalue weighted by Gasteiger charge is 1.92. The van der Waals surface area contributed by atoms with Gasteiger partial charge in [-0.25, -0.2) is 0 Å². The number of hydrogen-bond acceptors (Lipinski definition) is 1. The fraction of sp³-hybridized carbons (Fsp3) is 0.833. The summed E-state index contributed by atoms with van der Waals surface area (Å²) in [6.07, 6.45) is 1.02. The monoisotopic (exact) mass is 114 g/mol. The van der Waals surface area contributed by atoms with Crippen LogP contribution in [0.25, 0.3) is 0 Å². The standard InChI is InChI=1S/C6H14N2/c1-5-6(7-2)8(3)4/h5H2,1-4H3/b7-6-. The largest absolute Gasteiger partial charge is 0.367 e. The molecule has 0 aromatic carbocycles. The van der Waals surface area contributed by atoms with Crippen LogP contribution in [0.1, 0.15) is 13.3 Å². The van der Waals surface area contributed by atoms with Gasteiger partial charge in [0.25, 0.3) is 0 Å². The highest BCUT2D eigenvalue weighted by molar-refractivity contribution is 5.81. The van der Waals surface area contributed by atoms with Crippen molar-refractivity contribution in [3.8, 4) is 0 Å². The molecular weight excluding hydrogens is 100 g/mol. The second-order valence-electron chi connectivity index (χ2n) is 1.89. The molecule has 0 aliphatic rings. The molecule has 0 aromatic heterocycles. The SMILES string of the molecule is CC/C(=N/C)N(C)C. The van der Waals surface area contributed by atoms with Gasteiger partial charge in [0.05, 0.1) is 5.84 Å². The van der Waals surface area contributed by atoms with E-state index >= 15 is 0 Å². The molecule has 2 nitrogen and oxygen atoms in total. The summed E-state index contributed by atoms with van der Waals surface area (Å²) in [7, 11) is 5.83. The van der Waals surface area contributed by atoms with Gasteiger partial charge in [0.1, 0.15) is 0 Å². The van der Waals surface area contributed by atoms with Gasteiger partial charge < -0.3 is 4.90 Å². The molecule has 0 atom stereocenters. The van der Waals surface area contributed by atoms with E-state index in [1.807, 2.05) is 26.0 Å². The zero-order valence-electron chi connectivity index (χ0n) is 6.10.